The maximum atomic E-state index is 9.41. The van der Waals surface area contributed by atoms with Gasteiger partial charge in [0.2, 0.25) is 0 Å². The number of pyridine rings is 2. The van der Waals surface area contributed by atoms with Gasteiger partial charge >= 0.3 is 0 Å². The molecule has 2 atom stereocenters. The molecular formula is C33H32N6O2. The lowest BCUT2D eigenvalue weighted by atomic mass is 10.0. The Labute approximate surface area is 239 Å². The van der Waals surface area contributed by atoms with Gasteiger partial charge in [0, 0.05) is 55.3 Å². The third kappa shape index (κ3) is 5.36. The number of aliphatic hydroxyl groups excluding tert-OH is 1. The number of aliphatic hydroxyl groups is 1. The van der Waals surface area contributed by atoms with E-state index in [1.54, 1.807) is 12.5 Å². The molecule has 1 saturated heterocycles. The van der Waals surface area contributed by atoms with Crippen LogP contribution in [0, 0.1) is 24.7 Å². The topological polar surface area (TPSA) is 96.3 Å². The first-order valence-corrected chi connectivity index (χ1v) is 14.1. The highest BCUT2D eigenvalue weighted by atomic mass is 16.5. The first-order chi connectivity index (χ1) is 20.1. The summed E-state index contributed by atoms with van der Waals surface area (Å²) in [6.07, 6.45) is 5.31. The van der Waals surface area contributed by atoms with Crippen molar-refractivity contribution in [2.75, 3.05) is 25.0 Å². The number of nitrogens with zero attached hydrogens (tertiary/aromatic N) is 5. The SMILES string of the molecule is Cc1cc(Nc2ncnc3ccc(-c4ccc(CN5CC6C(CO)C6C5)nc4)cc23)ccc1OCc1ccccn1. The molecular weight excluding hydrogens is 512 g/mol. The summed E-state index contributed by atoms with van der Waals surface area (Å²) < 4.78 is 5.99. The van der Waals surface area contributed by atoms with Crippen LogP contribution in [0.5, 0.6) is 5.75 Å². The summed E-state index contributed by atoms with van der Waals surface area (Å²) in [7, 11) is 0. The Bertz CT molecular complexity index is 1670. The predicted molar refractivity (Wildman–Crippen MR) is 159 cm³/mol. The highest BCUT2D eigenvalue weighted by molar-refractivity contribution is 5.93. The van der Waals surface area contributed by atoms with Gasteiger partial charge in [-0.25, -0.2) is 9.97 Å². The van der Waals surface area contributed by atoms with Crippen LogP contribution in [0.3, 0.4) is 0 Å². The minimum absolute atomic E-state index is 0.332. The van der Waals surface area contributed by atoms with Crippen molar-refractivity contribution in [1.82, 2.24) is 24.8 Å². The van der Waals surface area contributed by atoms with Crippen molar-refractivity contribution < 1.29 is 9.84 Å². The van der Waals surface area contributed by atoms with Gasteiger partial charge in [0.25, 0.3) is 0 Å². The number of benzene rings is 2. The van der Waals surface area contributed by atoms with Gasteiger partial charge in [0.1, 0.15) is 24.5 Å². The van der Waals surface area contributed by atoms with Crippen molar-refractivity contribution in [3.63, 3.8) is 0 Å². The molecule has 5 aromatic rings. The summed E-state index contributed by atoms with van der Waals surface area (Å²) in [5.41, 5.74) is 6.91. The Kier molecular flexibility index (Phi) is 6.78. The molecule has 2 aromatic carbocycles. The van der Waals surface area contributed by atoms with E-state index in [1.165, 1.54) is 0 Å². The van der Waals surface area contributed by atoms with Crippen molar-refractivity contribution in [2.24, 2.45) is 17.8 Å². The Hall–Kier alpha value is -4.40. The fourth-order valence-corrected chi connectivity index (χ4v) is 6.05. The number of likely N-dealkylation sites (tertiary alicyclic amines) is 1. The van der Waals surface area contributed by atoms with Crippen LogP contribution in [0.2, 0.25) is 0 Å². The number of nitrogens with one attached hydrogen (secondary N) is 1. The van der Waals surface area contributed by atoms with E-state index >= 15 is 0 Å². The van der Waals surface area contributed by atoms with Gasteiger partial charge in [-0.15, -0.1) is 0 Å². The second-order valence-corrected chi connectivity index (χ2v) is 11.1. The Morgan fingerprint density at radius 1 is 0.902 bits per heavy atom. The quantitative estimate of drug-likeness (QED) is 0.255. The molecule has 8 heteroatoms. The summed E-state index contributed by atoms with van der Waals surface area (Å²) in [5.74, 6) is 3.45. The number of rotatable bonds is 9. The van der Waals surface area contributed by atoms with Gasteiger partial charge in [-0.3, -0.25) is 14.9 Å². The van der Waals surface area contributed by atoms with E-state index in [9.17, 15) is 5.11 Å². The minimum Gasteiger partial charge on any atom is -0.487 e. The summed E-state index contributed by atoms with van der Waals surface area (Å²) >= 11 is 0. The van der Waals surface area contributed by atoms with E-state index < -0.39 is 0 Å². The lowest BCUT2D eigenvalue weighted by Gasteiger charge is -2.18. The van der Waals surface area contributed by atoms with E-state index in [4.69, 9.17) is 9.72 Å². The third-order valence-corrected chi connectivity index (χ3v) is 8.38. The molecule has 2 unspecified atom stereocenters. The van der Waals surface area contributed by atoms with Gasteiger partial charge < -0.3 is 15.2 Å². The van der Waals surface area contributed by atoms with Crippen LogP contribution in [0.1, 0.15) is 17.0 Å². The van der Waals surface area contributed by atoms with Gasteiger partial charge in [-0.1, -0.05) is 18.2 Å². The summed E-state index contributed by atoms with van der Waals surface area (Å²) in [5, 5.41) is 13.8. The number of fused-ring (bicyclic) bond motifs is 2. The largest absolute Gasteiger partial charge is 0.487 e. The molecule has 0 bridgehead atoms. The zero-order valence-corrected chi connectivity index (χ0v) is 22.9. The highest BCUT2D eigenvalue weighted by Gasteiger charge is 2.54. The second kappa shape index (κ2) is 10.9. The van der Waals surface area contributed by atoms with Gasteiger partial charge in [0.15, 0.2) is 0 Å². The molecule has 206 valence electrons. The van der Waals surface area contributed by atoms with Crippen molar-refractivity contribution in [3.8, 4) is 16.9 Å². The van der Waals surface area contributed by atoms with E-state index in [1.807, 2.05) is 49.5 Å². The van der Waals surface area contributed by atoms with E-state index in [0.29, 0.717) is 31.0 Å². The van der Waals surface area contributed by atoms with Crippen molar-refractivity contribution >= 4 is 22.4 Å². The lowest BCUT2D eigenvalue weighted by Crippen LogP contribution is -2.25. The zero-order chi connectivity index (χ0) is 27.8. The smallest absolute Gasteiger partial charge is 0.141 e. The van der Waals surface area contributed by atoms with Gasteiger partial charge in [0.05, 0.1) is 16.9 Å². The number of ether oxygens (including phenoxy) is 1. The lowest BCUT2D eigenvalue weighted by molar-refractivity contribution is 0.216. The average Bonchev–Trinajstić information content (AvgIpc) is 3.49. The molecule has 0 spiro atoms. The Morgan fingerprint density at radius 3 is 2.54 bits per heavy atom. The molecule has 4 heterocycles. The van der Waals surface area contributed by atoms with Crippen LogP contribution < -0.4 is 10.1 Å². The Balaban J connectivity index is 1.05. The molecule has 0 amide bonds. The molecule has 0 radical (unpaired) electrons. The van der Waals surface area contributed by atoms with Crippen LogP contribution in [0.4, 0.5) is 11.5 Å². The van der Waals surface area contributed by atoms with Gasteiger partial charge in [-0.05, 0) is 84.3 Å². The molecule has 3 aromatic heterocycles. The first-order valence-electron chi connectivity index (χ1n) is 14.1. The standard InChI is InChI=1S/C33H32N6O2/c1-21-12-24(8-10-32(21)41-19-26-4-2-3-11-34-26)38-33-27-13-22(6-9-31(27)36-20-37-33)23-5-7-25(35-14-23)15-39-16-28-29(17-39)30(28)18-40/h2-14,20,28-30,40H,15-19H2,1H3,(H,36,37,38). The first kappa shape index (κ1) is 25.6. The fourth-order valence-electron chi connectivity index (χ4n) is 6.05. The number of aryl methyl sites for hydroxylation is 1. The molecule has 1 aliphatic heterocycles. The number of hydrogen-bond acceptors (Lipinski definition) is 8. The number of piperidine rings is 1. The summed E-state index contributed by atoms with van der Waals surface area (Å²) in [6.45, 7) is 5.79. The average molecular weight is 545 g/mol. The number of hydrogen-bond donors (Lipinski definition) is 2. The normalized spacial score (nSPS) is 19.7. The van der Waals surface area contributed by atoms with E-state index in [-0.39, 0.29) is 0 Å². The van der Waals surface area contributed by atoms with Crippen molar-refractivity contribution in [3.05, 3.63) is 102 Å². The zero-order valence-electron chi connectivity index (χ0n) is 22.9. The van der Waals surface area contributed by atoms with Crippen LogP contribution in [0.25, 0.3) is 22.0 Å². The Morgan fingerprint density at radius 2 is 1.78 bits per heavy atom. The van der Waals surface area contributed by atoms with Crippen LogP contribution >= 0.6 is 0 Å². The van der Waals surface area contributed by atoms with E-state index in [2.05, 4.69) is 55.5 Å². The minimum atomic E-state index is 0.332. The summed E-state index contributed by atoms with van der Waals surface area (Å²) in [4.78, 5) is 20.6. The van der Waals surface area contributed by atoms with Crippen LogP contribution in [0.15, 0.2) is 85.5 Å². The molecule has 41 heavy (non-hydrogen) atoms. The van der Waals surface area contributed by atoms with Crippen molar-refractivity contribution in [2.45, 2.75) is 20.1 Å². The molecule has 2 aliphatic rings. The monoisotopic (exact) mass is 544 g/mol. The molecule has 2 N–H and O–H groups in total. The van der Waals surface area contributed by atoms with Gasteiger partial charge in [-0.2, -0.15) is 0 Å². The van der Waals surface area contributed by atoms with Crippen LogP contribution in [-0.2, 0) is 13.2 Å². The maximum Gasteiger partial charge on any atom is 0.141 e. The van der Waals surface area contributed by atoms with Crippen molar-refractivity contribution in [1.29, 1.82) is 0 Å². The third-order valence-electron chi connectivity index (χ3n) is 8.38. The van der Waals surface area contributed by atoms with Crippen LogP contribution in [-0.4, -0.2) is 49.6 Å². The summed E-state index contributed by atoms with van der Waals surface area (Å²) in [6, 6.07) is 22.3. The maximum absolute atomic E-state index is 9.41. The second-order valence-electron chi connectivity index (χ2n) is 11.1. The number of anilines is 2. The molecule has 7 rings (SSSR count). The predicted octanol–water partition coefficient (Wildman–Crippen LogP) is 5.39. The number of aromatic nitrogens is 4. The molecule has 1 saturated carbocycles. The molecule has 2 fully saturated rings. The molecule has 8 nitrogen and oxygen atoms in total. The molecule has 1 aliphatic carbocycles. The fraction of sp³-hybridized carbons (Fsp3) is 0.273. The van der Waals surface area contributed by atoms with E-state index in [0.717, 1.165) is 75.9 Å². The highest BCUT2D eigenvalue weighted by Crippen LogP contribution is 2.51.